The fraction of sp³-hybridized carbons (Fsp3) is 0.571. The van der Waals surface area contributed by atoms with Gasteiger partial charge >= 0.3 is 11.9 Å². The maximum absolute atomic E-state index is 12.7. The molecule has 1 aromatic carbocycles. The SMILES string of the molecule is CCOC(=O)C(C)(CC(CNC(C)=O)c1cccc(OC)c1OC)C(=O)OCC. The highest BCUT2D eigenvalue weighted by molar-refractivity contribution is 5.99. The Labute approximate surface area is 171 Å². The molecule has 0 aliphatic carbocycles. The van der Waals surface area contributed by atoms with Gasteiger partial charge in [0.05, 0.1) is 27.4 Å². The maximum atomic E-state index is 12.7. The first kappa shape index (κ1) is 24.3. The second-order valence-electron chi connectivity index (χ2n) is 6.69. The monoisotopic (exact) mass is 409 g/mol. The van der Waals surface area contributed by atoms with Gasteiger partial charge in [-0.2, -0.15) is 0 Å². The van der Waals surface area contributed by atoms with Crippen LogP contribution < -0.4 is 14.8 Å². The standard InChI is InChI=1S/C21H31NO7/c1-7-28-19(24)21(4,20(25)29-8-2)12-15(13-22-14(3)23)16-10-9-11-17(26-5)18(16)27-6/h9-11,15H,7-8,12-13H2,1-6H3,(H,22,23). The van der Waals surface area contributed by atoms with E-state index >= 15 is 0 Å². The summed E-state index contributed by atoms with van der Waals surface area (Å²) < 4.78 is 21.2. The van der Waals surface area contributed by atoms with Crippen molar-refractivity contribution in [2.24, 2.45) is 5.41 Å². The van der Waals surface area contributed by atoms with Gasteiger partial charge in [-0.05, 0) is 33.3 Å². The molecule has 0 spiro atoms. The van der Waals surface area contributed by atoms with E-state index in [0.717, 1.165) is 0 Å². The molecule has 29 heavy (non-hydrogen) atoms. The van der Waals surface area contributed by atoms with Gasteiger partial charge in [0.25, 0.3) is 0 Å². The van der Waals surface area contributed by atoms with Crippen LogP contribution in [0.25, 0.3) is 0 Å². The van der Waals surface area contributed by atoms with Crippen molar-refractivity contribution in [3.8, 4) is 11.5 Å². The molecule has 1 aromatic rings. The van der Waals surface area contributed by atoms with Crippen LogP contribution in [0, 0.1) is 5.41 Å². The first-order valence-corrected chi connectivity index (χ1v) is 9.54. The minimum absolute atomic E-state index is 0.0501. The number of ether oxygens (including phenoxy) is 4. The number of hydrogen-bond acceptors (Lipinski definition) is 7. The molecule has 1 amide bonds. The van der Waals surface area contributed by atoms with E-state index in [2.05, 4.69) is 5.32 Å². The Morgan fingerprint density at radius 1 is 1.03 bits per heavy atom. The van der Waals surface area contributed by atoms with Gasteiger partial charge in [-0.25, -0.2) is 0 Å². The van der Waals surface area contributed by atoms with Crippen molar-refractivity contribution in [1.82, 2.24) is 5.32 Å². The van der Waals surface area contributed by atoms with Crippen molar-refractivity contribution < 1.29 is 33.3 Å². The summed E-state index contributed by atoms with van der Waals surface area (Å²) in [6.45, 7) is 6.69. The number of benzene rings is 1. The number of carbonyl (C=O) groups excluding carboxylic acids is 3. The van der Waals surface area contributed by atoms with Crippen molar-refractivity contribution in [2.45, 2.75) is 40.0 Å². The Balaban J connectivity index is 3.44. The van der Waals surface area contributed by atoms with E-state index in [-0.39, 0.29) is 32.1 Å². The van der Waals surface area contributed by atoms with Crippen LogP contribution in [-0.4, -0.2) is 51.8 Å². The van der Waals surface area contributed by atoms with Gasteiger partial charge in [0, 0.05) is 24.9 Å². The maximum Gasteiger partial charge on any atom is 0.323 e. The largest absolute Gasteiger partial charge is 0.493 e. The predicted octanol–water partition coefficient (Wildman–Crippen LogP) is 2.45. The average Bonchev–Trinajstić information content (AvgIpc) is 2.70. The van der Waals surface area contributed by atoms with E-state index in [1.54, 1.807) is 26.0 Å². The highest BCUT2D eigenvalue weighted by Crippen LogP contribution is 2.41. The van der Waals surface area contributed by atoms with Crippen LogP contribution in [0.3, 0.4) is 0 Å². The highest BCUT2D eigenvalue weighted by atomic mass is 16.6. The lowest BCUT2D eigenvalue weighted by molar-refractivity contribution is -0.171. The lowest BCUT2D eigenvalue weighted by Gasteiger charge is -2.30. The van der Waals surface area contributed by atoms with Crippen LogP contribution >= 0.6 is 0 Å². The summed E-state index contributed by atoms with van der Waals surface area (Å²) in [5, 5.41) is 2.76. The summed E-state index contributed by atoms with van der Waals surface area (Å²) in [6, 6.07) is 5.34. The Hall–Kier alpha value is -2.77. The second-order valence-corrected chi connectivity index (χ2v) is 6.69. The summed E-state index contributed by atoms with van der Waals surface area (Å²) in [6.07, 6.45) is 0.0501. The van der Waals surface area contributed by atoms with Gasteiger partial charge in [-0.1, -0.05) is 12.1 Å². The average molecular weight is 409 g/mol. The Morgan fingerprint density at radius 3 is 2.07 bits per heavy atom. The zero-order valence-corrected chi connectivity index (χ0v) is 18.0. The number of methoxy groups -OCH3 is 2. The third-order valence-corrected chi connectivity index (χ3v) is 4.58. The molecular formula is C21H31NO7. The molecule has 0 aliphatic heterocycles. The number of esters is 2. The zero-order chi connectivity index (χ0) is 22.0. The van der Waals surface area contributed by atoms with Crippen LogP contribution in [0.5, 0.6) is 11.5 Å². The molecule has 0 bridgehead atoms. The minimum atomic E-state index is -1.55. The van der Waals surface area contributed by atoms with Gasteiger partial charge in [-0.3, -0.25) is 14.4 Å². The van der Waals surface area contributed by atoms with Crippen molar-refractivity contribution in [3.05, 3.63) is 23.8 Å². The Morgan fingerprint density at radius 2 is 1.62 bits per heavy atom. The number of hydrogen-bond donors (Lipinski definition) is 1. The number of rotatable bonds is 11. The molecule has 1 atom stereocenters. The Kier molecular flexibility index (Phi) is 9.44. The van der Waals surface area contributed by atoms with E-state index in [4.69, 9.17) is 18.9 Å². The summed E-state index contributed by atoms with van der Waals surface area (Å²) in [5.41, 5.74) is -0.858. The summed E-state index contributed by atoms with van der Waals surface area (Å²) >= 11 is 0. The van der Waals surface area contributed by atoms with E-state index in [9.17, 15) is 14.4 Å². The van der Waals surface area contributed by atoms with Crippen LogP contribution in [0.1, 0.15) is 45.6 Å². The van der Waals surface area contributed by atoms with E-state index in [1.807, 2.05) is 6.07 Å². The smallest absolute Gasteiger partial charge is 0.323 e. The van der Waals surface area contributed by atoms with Gasteiger partial charge in [0.2, 0.25) is 5.91 Å². The summed E-state index contributed by atoms with van der Waals surface area (Å²) in [7, 11) is 3.03. The molecule has 8 heteroatoms. The van der Waals surface area contributed by atoms with Gasteiger partial charge in [0.1, 0.15) is 0 Å². The molecule has 1 N–H and O–H groups in total. The van der Waals surface area contributed by atoms with E-state index < -0.39 is 23.3 Å². The van der Waals surface area contributed by atoms with E-state index in [1.165, 1.54) is 28.1 Å². The molecule has 1 rings (SSSR count). The van der Waals surface area contributed by atoms with Crippen molar-refractivity contribution in [3.63, 3.8) is 0 Å². The fourth-order valence-corrected chi connectivity index (χ4v) is 3.12. The van der Waals surface area contributed by atoms with Crippen molar-refractivity contribution >= 4 is 17.8 Å². The molecular weight excluding hydrogens is 378 g/mol. The summed E-state index contributed by atoms with van der Waals surface area (Å²) in [4.78, 5) is 36.9. The first-order chi connectivity index (χ1) is 13.7. The van der Waals surface area contributed by atoms with Gasteiger partial charge in [0.15, 0.2) is 16.9 Å². The van der Waals surface area contributed by atoms with Gasteiger partial charge < -0.3 is 24.3 Å². The number of amides is 1. The molecule has 0 aliphatic rings. The van der Waals surface area contributed by atoms with Crippen LogP contribution in [0.4, 0.5) is 0 Å². The minimum Gasteiger partial charge on any atom is -0.493 e. The summed E-state index contributed by atoms with van der Waals surface area (Å²) in [5.74, 6) is -1.04. The van der Waals surface area contributed by atoms with E-state index in [0.29, 0.717) is 17.1 Å². The first-order valence-electron chi connectivity index (χ1n) is 9.54. The molecule has 162 valence electrons. The molecule has 1 unspecified atom stereocenters. The lowest BCUT2D eigenvalue weighted by Crippen LogP contribution is -2.42. The predicted molar refractivity (Wildman–Crippen MR) is 107 cm³/mol. The fourth-order valence-electron chi connectivity index (χ4n) is 3.12. The van der Waals surface area contributed by atoms with Crippen LogP contribution in [-0.2, 0) is 23.9 Å². The third kappa shape index (κ3) is 6.10. The van der Waals surface area contributed by atoms with Crippen LogP contribution in [0.15, 0.2) is 18.2 Å². The third-order valence-electron chi connectivity index (χ3n) is 4.58. The quantitative estimate of drug-likeness (QED) is 0.443. The molecule has 0 saturated carbocycles. The van der Waals surface area contributed by atoms with Crippen molar-refractivity contribution in [2.75, 3.05) is 34.0 Å². The lowest BCUT2D eigenvalue weighted by atomic mass is 9.77. The number of para-hydroxylation sites is 1. The highest BCUT2D eigenvalue weighted by Gasteiger charge is 2.46. The van der Waals surface area contributed by atoms with Crippen molar-refractivity contribution in [1.29, 1.82) is 0 Å². The molecule has 0 heterocycles. The van der Waals surface area contributed by atoms with Crippen LogP contribution in [0.2, 0.25) is 0 Å². The zero-order valence-electron chi connectivity index (χ0n) is 18.0. The number of nitrogens with one attached hydrogen (secondary N) is 1. The van der Waals surface area contributed by atoms with Gasteiger partial charge in [-0.15, -0.1) is 0 Å². The normalized spacial score (nSPS) is 11.9. The number of carbonyl (C=O) groups is 3. The molecule has 0 saturated heterocycles. The topological polar surface area (TPSA) is 100 Å². The molecule has 8 nitrogen and oxygen atoms in total. The second kappa shape index (κ2) is 11.3. The molecule has 0 aromatic heterocycles. The molecule has 0 radical (unpaired) electrons. The molecule has 0 fully saturated rings. The Bertz CT molecular complexity index is 699.